The Morgan fingerprint density at radius 1 is 1.23 bits per heavy atom. The van der Waals surface area contributed by atoms with Crippen LogP contribution in [0.3, 0.4) is 0 Å². The van der Waals surface area contributed by atoms with Gasteiger partial charge in [0.25, 0.3) is 0 Å². The first-order chi connectivity index (χ1) is 12.5. The van der Waals surface area contributed by atoms with Crippen LogP contribution in [0.2, 0.25) is 5.02 Å². The van der Waals surface area contributed by atoms with Crippen LogP contribution in [-0.4, -0.2) is 47.8 Å². The van der Waals surface area contributed by atoms with Gasteiger partial charge in [0.2, 0.25) is 0 Å². The smallest absolute Gasteiger partial charge is 0.313 e. The van der Waals surface area contributed by atoms with Crippen LogP contribution in [0.1, 0.15) is 44.1 Å². The monoisotopic (exact) mass is 378 g/mol. The topological polar surface area (TPSA) is 61.8 Å². The third-order valence-electron chi connectivity index (χ3n) is 6.48. The molecular formula is C20H27ClN2O3. The Kier molecular flexibility index (Phi) is 4.88. The summed E-state index contributed by atoms with van der Waals surface area (Å²) in [7, 11) is 0. The fourth-order valence-electron chi connectivity index (χ4n) is 4.49. The average molecular weight is 379 g/mol. The van der Waals surface area contributed by atoms with Gasteiger partial charge in [-0.05, 0) is 70.3 Å². The van der Waals surface area contributed by atoms with E-state index < -0.39 is 11.4 Å². The number of carbonyl (C=O) groups is 1. The average Bonchev–Trinajstić information content (AvgIpc) is 3.35. The van der Waals surface area contributed by atoms with Crippen molar-refractivity contribution in [1.29, 1.82) is 0 Å². The van der Waals surface area contributed by atoms with Crippen LogP contribution in [-0.2, 0) is 11.3 Å². The summed E-state index contributed by atoms with van der Waals surface area (Å²) in [6.07, 6.45) is 6.28. The Morgan fingerprint density at radius 3 is 2.69 bits per heavy atom. The second-order valence-corrected chi connectivity index (χ2v) is 8.56. The van der Waals surface area contributed by atoms with Crippen molar-refractivity contribution >= 4 is 17.6 Å². The molecule has 1 aromatic carbocycles. The van der Waals surface area contributed by atoms with E-state index in [1.165, 1.54) is 25.7 Å². The zero-order chi connectivity index (χ0) is 18.2. The molecule has 1 saturated carbocycles. The van der Waals surface area contributed by atoms with Crippen LogP contribution in [0.15, 0.2) is 18.2 Å². The zero-order valence-corrected chi connectivity index (χ0v) is 15.9. The van der Waals surface area contributed by atoms with Crippen molar-refractivity contribution < 1.29 is 14.6 Å². The number of nitrogens with zero attached hydrogens (tertiary/aromatic N) is 1. The summed E-state index contributed by atoms with van der Waals surface area (Å²) in [4.78, 5) is 14.0. The molecule has 2 N–H and O–H groups in total. The van der Waals surface area contributed by atoms with Crippen molar-refractivity contribution in [1.82, 2.24) is 10.2 Å². The van der Waals surface area contributed by atoms with Crippen molar-refractivity contribution in [3.05, 3.63) is 28.8 Å². The maximum absolute atomic E-state index is 11.4. The van der Waals surface area contributed by atoms with Gasteiger partial charge in [0.15, 0.2) is 0 Å². The van der Waals surface area contributed by atoms with Gasteiger partial charge >= 0.3 is 5.97 Å². The molecule has 142 valence electrons. The minimum Gasteiger partial charge on any atom is -0.492 e. The number of nitrogens with one attached hydrogen (secondary N) is 1. The molecule has 2 saturated heterocycles. The second kappa shape index (κ2) is 7.02. The molecule has 6 heteroatoms. The highest BCUT2D eigenvalue weighted by Gasteiger charge is 2.51. The molecule has 1 aromatic rings. The van der Waals surface area contributed by atoms with Crippen molar-refractivity contribution in [2.45, 2.75) is 50.6 Å². The van der Waals surface area contributed by atoms with Gasteiger partial charge in [-0.2, -0.15) is 0 Å². The Hall–Kier alpha value is -1.30. The summed E-state index contributed by atoms with van der Waals surface area (Å²) >= 11 is 6.19. The highest BCUT2D eigenvalue weighted by molar-refractivity contribution is 6.30. The molecule has 1 spiro atoms. The summed E-state index contributed by atoms with van der Waals surface area (Å²) in [5.74, 6) is -0.0183. The standard InChI is InChI=1S/C20H27ClN2O3/c21-16-3-2-15(17(12-16)26-14-19(5-6-19)18(24)25)13-23-11-1-4-20(23)7-9-22-10-8-20/h2-3,12,22H,1,4-11,13-14H2,(H,24,25). The first-order valence-corrected chi connectivity index (χ1v) is 10.0. The molecule has 3 fully saturated rings. The molecule has 5 nitrogen and oxygen atoms in total. The van der Waals surface area contributed by atoms with Gasteiger partial charge in [0.05, 0.1) is 0 Å². The largest absolute Gasteiger partial charge is 0.492 e. The van der Waals surface area contributed by atoms with Gasteiger partial charge < -0.3 is 15.2 Å². The van der Waals surface area contributed by atoms with E-state index in [0.29, 0.717) is 23.4 Å². The number of halogens is 1. The van der Waals surface area contributed by atoms with E-state index in [-0.39, 0.29) is 6.61 Å². The summed E-state index contributed by atoms with van der Waals surface area (Å²) in [5.41, 5.74) is 0.722. The number of ether oxygens (including phenoxy) is 1. The summed E-state index contributed by atoms with van der Waals surface area (Å²) in [5, 5.41) is 13.5. The number of rotatable bonds is 6. The Bertz CT molecular complexity index is 684. The van der Waals surface area contributed by atoms with E-state index in [2.05, 4.69) is 10.2 Å². The number of hydrogen-bond donors (Lipinski definition) is 2. The normalized spacial score (nSPS) is 23.9. The van der Waals surface area contributed by atoms with E-state index in [9.17, 15) is 9.90 Å². The highest BCUT2D eigenvalue weighted by Crippen LogP contribution is 2.46. The lowest BCUT2D eigenvalue weighted by atomic mass is 9.85. The number of hydrogen-bond acceptors (Lipinski definition) is 4. The molecule has 1 aliphatic carbocycles. The van der Waals surface area contributed by atoms with Crippen molar-refractivity contribution in [3.63, 3.8) is 0 Å². The minimum atomic E-state index is -0.755. The Balaban J connectivity index is 1.50. The van der Waals surface area contributed by atoms with Gasteiger partial charge in [0.1, 0.15) is 17.8 Å². The molecule has 0 unspecified atom stereocenters. The van der Waals surface area contributed by atoms with Crippen LogP contribution in [0, 0.1) is 5.41 Å². The molecule has 2 aliphatic heterocycles. The fourth-order valence-corrected chi connectivity index (χ4v) is 4.65. The maximum atomic E-state index is 11.4. The zero-order valence-electron chi connectivity index (χ0n) is 15.1. The summed E-state index contributed by atoms with van der Waals surface area (Å²) in [6, 6.07) is 5.77. The molecule has 0 amide bonds. The van der Waals surface area contributed by atoms with Crippen molar-refractivity contribution in [3.8, 4) is 5.75 Å². The lowest BCUT2D eigenvalue weighted by Gasteiger charge is -2.42. The van der Waals surface area contributed by atoms with Gasteiger partial charge in [-0.3, -0.25) is 9.69 Å². The number of carboxylic acids is 1. The van der Waals surface area contributed by atoms with E-state index in [4.69, 9.17) is 16.3 Å². The maximum Gasteiger partial charge on any atom is 0.313 e. The van der Waals surface area contributed by atoms with E-state index in [1.54, 1.807) is 0 Å². The number of benzene rings is 1. The SMILES string of the molecule is O=C(O)C1(COc2cc(Cl)ccc2CN2CCCC23CCNCC3)CC1. The van der Waals surface area contributed by atoms with E-state index in [0.717, 1.165) is 37.5 Å². The van der Waals surface area contributed by atoms with Crippen LogP contribution in [0.4, 0.5) is 0 Å². The molecule has 3 aliphatic rings. The number of aliphatic carboxylic acids is 1. The molecule has 0 atom stereocenters. The van der Waals surface area contributed by atoms with Gasteiger partial charge in [0, 0.05) is 22.7 Å². The van der Waals surface area contributed by atoms with Crippen LogP contribution >= 0.6 is 11.6 Å². The van der Waals surface area contributed by atoms with Gasteiger partial charge in [-0.25, -0.2) is 0 Å². The molecule has 0 aromatic heterocycles. The third kappa shape index (κ3) is 3.45. The molecule has 2 heterocycles. The fraction of sp³-hybridized carbons (Fsp3) is 0.650. The van der Waals surface area contributed by atoms with Crippen LogP contribution in [0.5, 0.6) is 5.75 Å². The predicted octanol–water partition coefficient (Wildman–Crippen LogP) is 3.30. The van der Waals surface area contributed by atoms with Crippen molar-refractivity contribution in [2.75, 3.05) is 26.2 Å². The Morgan fingerprint density at radius 2 is 2.00 bits per heavy atom. The summed E-state index contributed by atoms with van der Waals surface area (Å²) < 4.78 is 5.99. The number of likely N-dealkylation sites (tertiary alicyclic amines) is 1. The number of carboxylic acid groups (broad SMARTS) is 1. The van der Waals surface area contributed by atoms with Crippen LogP contribution < -0.4 is 10.1 Å². The molecule has 0 bridgehead atoms. The lowest BCUT2D eigenvalue weighted by molar-refractivity contribution is -0.144. The van der Waals surface area contributed by atoms with Gasteiger partial charge in [-0.15, -0.1) is 0 Å². The lowest BCUT2D eigenvalue weighted by Crippen LogP contribution is -2.50. The first kappa shape index (κ1) is 18.1. The first-order valence-electron chi connectivity index (χ1n) is 9.64. The summed E-state index contributed by atoms with van der Waals surface area (Å²) in [6.45, 7) is 4.35. The van der Waals surface area contributed by atoms with Crippen LogP contribution in [0.25, 0.3) is 0 Å². The minimum absolute atomic E-state index is 0.227. The van der Waals surface area contributed by atoms with Crippen molar-refractivity contribution in [2.24, 2.45) is 5.41 Å². The second-order valence-electron chi connectivity index (χ2n) is 8.13. The quantitative estimate of drug-likeness (QED) is 0.795. The van der Waals surface area contributed by atoms with E-state index in [1.807, 2.05) is 18.2 Å². The molecule has 4 rings (SSSR count). The van der Waals surface area contributed by atoms with E-state index >= 15 is 0 Å². The predicted molar refractivity (Wildman–Crippen MR) is 101 cm³/mol. The van der Waals surface area contributed by atoms with Gasteiger partial charge in [-0.1, -0.05) is 17.7 Å². The molecular weight excluding hydrogens is 352 g/mol. The molecule has 0 radical (unpaired) electrons. The highest BCUT2D eigenvalue weighted by atomic mass is 35.5. The number of piperidine rings is 1. The third-order valence-corrected chi connectivity index (χ3v) is 6.71. The Labute approximate surface area is 159 Å². The molecule has 26 heavy (non-hydrogen) atoms.